The molecule has 26 heavy (non-hydrogen) atoms. The fourth-order valence-electron chi connectivity index (χ4n) is 2.84. The molecular formula is C17H18Cl2N4O2S. The molecule has 9 heteroatoms. The van der Waals surface area contributed by atoms with E-state index in [0.717, 1.165) is 19.5 Å². The minimum absolute atomic E-state index is 0.147. The molecule has 2 amide bonds. The number of halogens is 2. The lowest BCUT2D eigenvalue weighted by Crippen LogP contribution is -2.38. The second-order valence-corrected chi connectivity index (χ2v) is 7.94. The summed E-state index contributed by atoms with van der Waals surface area (Å²) in [5.74, 6) is -0.544. The van der Waals surface area contributed by atoms with E-state index in [9.17, 15) is 9.59 Å². The molecule has 1 fully saturated rings. The van der Waals surface area contributed by atoms with Crippen molar-refractivity contribution in [2.24, 2.45) is 0 Å². The number of amides is 2. The van der Waals surface area contributed by atoms with Crippen LogP contribution in [0, 0.1) is 0 Å². The Morgan fingerprint density at radius 2 is 2.15 bits per heavy atom. The summed E-state index contributed by atoms with van der Waals surface area (Å²) >= 11 is 13.1. The maximum absolute atomic E-state index is 12.6. The number of nitrogens with zero attached hydrogens (tertiary/aromatic N) is 3. The molecule has 1 aliphatic heterocycles. The number of rotatable bonds is 4. The number of hydrogen-bond donors (Lipinski definition) is 1. The van der Waals surface area contributed by atoms with Crippen molar-refractivity contribution >= 4 is 51.5 Å². The first kappa shape index (κ1) is 19.1. The molecule has 0 aliphatic carbocycles. The van der Waals surface area contributed by atoms with E-state index < -0.39 is 5.91 Å². The number of benzene rings is 1. The average molecular weight is 413 g/mol. The zero-order valence-electron chi connectivity index (χ0n) is 14.3. The number of carbonyl (C=O) groups excluding carboxylic acids is 2. The maximum Gasteiger partial charge on any atom is 0.273 e. The molecule has 6 nitrogen and oxygen atoms in total. The Hall–Kier alpha value is -1.67. The highest BCUT2D eigenvalue weighted by atomic mass is 35.5. The van der Waals surface area contributed by atoms with Crippen molar-refractivity contribution in [3.63, 3.8) is 0 Å². The molecule has 1 aromatic carbocycles. The van der Waals surface area contributed by atoms with Crippen molar-refractivity contribution in [3.05, 3.63) is 44.9 Å². The summed E-state index contributed by atoms with van der Waals surface area (Å²) in [5, 5.41) is 5.38. The van der Waals surface area contributed by atoms with Crippen LogP contribution in [-0.2, 0) is 0 Å². The molecule has 0 unspecified atom stereocenters. The molecule has 1 atom stereocenters. The van der Waals surface area contributed by atoms with E-state index >= 15 is 0 Å². The lowest BCUT2D eigenvalue weighted by molar-refractivity contribution is 0.0732. The smallest absolute Gasteiger partial charge is 0.273 e. The van der Waals surface area contributed by atoms with Gasteiger partial charge >= 0.3 is 0 Å². The predicted octanol–water partition coefficient (Wildman–Crippen LogP) is 3.48. The SMILES string of the molecule is CN1CC[C@H](N(C)C(=O)c2csc(NC(=O)c3ccc(Cl)cc3Cl)n2)C1. The summed E-state index contributed by atoms with van der Waals surface area (Å²) in [6, 6.07) is 4.82. The van der Waals surface area contributed by atoms with E-state index in [4.69, 9.17) is 23.2 Å². The highest BCUT2D eigenvalue weighted by molar-refractivity contribution is 7.14. The van der Waals surface area contributed by atoms with Gasteiger partial charge in [-0.05, 0) is 38.2 Å². The fourth-order valence-corrected chi connectivity index (χ4v) is 4.02. The maximum atomic E-state index is 12.6. The molecule has 0 bridgehead atoms. The fraction of sp³-hybridized carbons (Fsp3) is 0.353. The Bertz CT molecular complexity index is 842. The molecule has 1 saturated heterocycles. The number of aromatic nitrogens is 1. The van der Waals surface area contributed by atoms with E-state index in [1.165, 1.54) is 17.4 Å². The number of likely N-dealkylation sites (tertiary alicyclic amines) is 1. The molecule has 2 heterocycles. The third kappa shape index (κ3) is 4.17. The summed E-state index contributed by atoms with van der Waals surface area (Å²) < 4.78 is 0. The van der Waals surface area contributed by atoms with E-state index in [-0.39, 0.29) is 17.0 Å². The Morgan fingerprint density at radius 3 is 2.81 bits per heavy atom. The van der Waals surface area contributed by atoms with Crippen LogP contribution < -0.4 is 5.32 Å². The van der Waals surface area contributed by atoms with Crippen LogP contribution in [0.15, 0.2) is 23.6 Å². The number of likely N-dealkylation sites (N-methyl/N-ethyl adjacent to an activating group) is 2. The van der Waals surface area contributed by atoms with Crippen LogP contribution in [0.4, 0.5) is 5.13 Å². The summed E-state index contributed by atoms with van der Waals surface area (Å²) in [6.45, 7) is 1.83. The molecule has 138 valence electrons. The van der Waals surface area contributed by atoms with E-state index in [1.807, 2.05) is 7.05 Å². The van der Waals surface area contributed by atoms with Crippen molar-refractivity contribution in [1.29, 1.82) is 0 Å². The van der Waals surface area contributed by atoms with Gasteiger partial charge in [-0.3, -0.25) is 14.9 Å². The van der Waals surface area contributed by atoms with E-state index in [0.29, 0.717) is 21.4 Å². The minimum atomic E-state index is -0.397. The van der Waals surface area contributed by atoms with Crippen LogP contribution in [0.1, 0.15) is 27.3 Å². The van der Waals surface area contributed by atoms with Gasteiger partial charge in [0.25, 0.3) is 11.8 Å². The van der Waals surface area contributed by atoms with Crippen LogP contribution in [-0.4, -0.2) is 59.8 Å². The first-order valence-electron chi connectivity index (χ1n) is 8.03. The molecule has 0 saturated carbocycles. The van der Waals surface area contributed by atoms with Crippen molar-refractivity contribution in [3.8, 4) is 0 Å². The Labute approximate surface area is 165 Å². The number of hydrogen-bond acceptors (Lipinski definition) is 5. The first-order chi connectivity index (χ1) is 12.3. The molecule has 1 aliphatic rings. The zero-order chi connectivity index (χ0) is 18.8. The van der Waals surface area contributed by atoms with Crippen molar-refractivity contribution in [2.45, 2.75) is 12.5 Å². The van der Waals surface area contributed by atoms with Gasteiger partial charge in [-0.25, -0.2) is 4.98 Å². The van der Waals surface area contributed by atoms with Crippen LogP contribution in [0.25, 0.3) is 0 Å². The predicted molar refractivity (Wildman–Crippen MR) is 105 cm³/mol. The largest absolute Gasteiger partial charge is 0.336 e. The summed E-state index contributed by atoms with van der Waals surface area (Å²) in [4.78, 5) is 33.1. The normalized spacial score (nSPS) is 17.3. The lowest BCUT2D eigenvalue weighted by atomic mass is 10.2. The first-order valence-corrected chi connectivity index (χ1v) is 9.66. The lowest BCUT2D eigenvalue weighted by Gasteiger charge is -2.23. The Kier molecular flexibility index (Phi) is 5.82. The number of nitrogens with one attached hydrogen (secondary N) is 1. The molecule has 1 aromatic heterocycles. The zero-order valence-corrected chi connectivity index (χ0v) is 16.7. The molecule has 0 radical (unpaired) electrons. The number of anilines is 1. The van der Waals surface area contributed by atoms with Gasteiger partial charge in [0.15, 0.2) is 5.13 Å². The van der Waals surface area contributed by atoms with Crippen LogP contribution in [0.2, 0.25) is 10.0 Å². The van der Waals surface area contributed by atoms with Gasteiger partial charge in [-0.2, -0.15) is 0 Å². The third-order valence-corrected chi connectivity index (χ3v) is 5.66. The van der Waals surface area contributed by atoms with E-state index in [2.05, 4.69) is 15.2 Å². The second-order valence-electron chi connectivity index (χ2n) is 6.24. The van der Waals surface area contributed by atoms with Crippen LogP contribution in [0.3, 0.4) is 0 Å². The minimum Gasteiger partial charge on any atom is -0.336 e. The van der Waals surface area contributed by atoms with Gasteiger partial charge in [-0.1, -0.05) is 23.2 Å². The van der Waals surface area contributed by atoms with Crippen molar-refractivity contribution in [1.82, 2.24) is 14.8 Å². The van der Waals surface area contributed by atoms with Crippen LogP contribution >= 0.6 is 34.5 Å². The van der Waals surface area contributed by atoms with Gasteiger partial charge in [0.1, 0.15) is 5.69 Å². The topological polar surface area (TPSA) is 65.5 Å². The number of carbonyl (C=O) groups is 2. The summed E-state index contributed by atoms with van der Waals surface area (Å²) in [5.41, 5.74) is 0.620. The molecule has 0 spiro atoms. The van der Waals surface area contributed by atoms with Gasteiger partial charge in [0.2, 0.25) is 0 Å². The van der Waals surface area contributed by atoms with Gasteiger partial charge in [-0.15, -0.1) is 11.3 Å². The Morgan fingerprint density at radius 1 is 1.38 bits per heavy atom. The summed E-state index contributed by atoms with van der Waals surface area (Å²) in [7, 11) is 3.83. The Balaban J connectivity index is 1.67. The molecule has 1 N–H and O–H groups in total. The van der Waals surface area contributed by atoms with Gasteiger partial charge in [0.05, 0.1) is 10.6 Å². The molecule has 3 rings (SSSR count). The highest BCUT2D eigenvalue weighted by Crippen LogP contribution is 2.24. The van der Waals surface area contributed by atoms with Crippen molar-refractivity contribution in [2.75, 3.05) is 32.5 Å². The third-order valence-electron chi connectivity index (χ3n) is 4.35. The molecule has 2 aromatic rings. The van der Waals surface area contributed by atoms with Gasteiger partial charge < -0.3 is 9.80 Å². The molecular weight excluding hydrogens is 395 g/mol. The van der Waals surface area contributed by atoms with Gasteiger partial charge in [0, 0.05) is 30.0 Å². The average Bonchev–Trinajstić information content (AvgIpc) is 3.22. The van der Waals surface area contributed by atoms with E-state index in [1.54, 1.807) is 29.5 Å². The van der Waals surface area contributed by atoms with Crippen molar-refractivity contribution < 1.29 is 9.59 Å². The van der Waals surface area contributed by atoms with Crippen LogP contribution in [0.5, 0.6) is 0 Å². The monoisotopic (exact) mass is 412 g/mol. The summed E-state index contributed by atoms with van der Waals surface area (Å²) in [6.07, 6.45) is 0.946. The highest BCUT2D eigenvalue weighted by Gasteiger charge is 2.28. The standard InChI is InChI=1S/C17H18Cl2N4O2S/c1-22-6-5-11(8-22)23(2)16(25)14-9-26-17(20-14)21-15(24)12-4-3-10(18)7-13(12)19/h3-4,7,9,11H,5-6,8H2,1-2H3,(H,20,21,24)/t11-/m0/s1. The number of thiazole rings is 1. The second kappa shape index (κ2) is 7.92. The quantitative estimate of drug-likeness (QED) is 0.834.